The van der Waals surface area contributed by atoms with Gasteiger partial charge in [0.05, 0.1) is 0 Å². The van der Waals surface area contributed by atoms with Crippen molar-refractivity contribution < 1.29 is 0 Å². The standard InChI is InChI=1S/C15H17NS/c1-11-5-3-8-14(9-11)17-15-12(2)6-4-7-13(15)10-16/h3-9H,10,16H2,1-2H3. The fraction of sp³-hybridized carbons (Fsp3) is 0.200. The van der Waals surface area contributed by atoms with Crippen molar-refractivity contribution in [3.05, 3.63) is 59.2 Å². The molecule has 0 aliphatic rings. The Kier molecular flexibility index (Phi) is 3.87. The van der Waals surface area contributed by atoms with Gasteiger partial charge in [-0.1, -0.05) is 47.7 Å². The van der Waals surface area contributed by atoms with E-state index in [1.165, 1.54) is 26.5 Å². The summed E-state index contributed by atoms with van der Waals surface area (Å²) in [6, 6.07) is 14.9. The van der Waals surface area contributed by atoms with Gasteiger partial charge in [0.25, 0.3) is 0 Å². The lowest BCUT2D eigenvalue weighted by Gasteiger charge is -2.11. The van der Waals surface area contributed by atoms with Crippen molar-refractivity contribution in [2.45, 2.75) is 30.2 Å². The van der Waals surface area contributed by atoms with Crippen LogP contribution in [-0.2, 0) is 6.54 Å². The zero-order valence-corrected chi connectivity index (χ0v) is 11.1. The Labute approximate surface area is 107 Å². The molecule has 0 aliphatic carbocycles. The molecule has 0 saturated carbocycles. The topological polar surface area (TPSA) is 26.0 Å². The fourth-order valence-corrected chi connectivity index (χ4v) is 2.96. The van der Waals surface area contributed by atoms with E-state index < -0.39 is 0 Å². The van der Waals surface area contributed by atoms with E-state index in [0.29, 0.717) is 6.54 Å². The average molecular weight is 243 g/mol. The summed E-state index contributed by atoms with van der Waals surface area (Å²) in [7, 11) is 0. The zero-order valence-electron chi connectivity index (χ0n) is 10.2. The minimum Gasteiger partial charge on any atom is -0.326 e. The molecule has 0 atom stereocenters. The number of hydrogen-bond donors (Lipinski definition) is 1. The van der Waals surface area contributed by atoms with E-state index in [1.807, 2.05) is 0 Å². The van der Waals surface area contributed by atoms with Gasteiger partial charge < -0.3 is 5.73 Å². The van der Waals surface area contributed by atoms with Crippen LogP contribution < -0.4 is 5.73 Å². The lowest BCUT2D eigenvalue weighted by Crippen LogP contribution is -1.99. The fourth-order valence-electron chi connectivity index (χ4n) is 1.82. The molecule has 0 radical (unpaired) electrons. The molecule has 2 heteroatoms. The number of nitrogens with two attached hydrogens (primary N) is 1. The highest BCUT2D eigenvalue weighted by molar-refractivity contribution is 7.99. The molecule has 0 heterocycles. The normalized spacial score (nSPS) is 10.5. The predicted octanol–water partition coefficient (Wildman–Crippen LogP) is 3.91. The summed E-state index contributed by atoms with van der Waals surface area (Å²) in [6.07, 6.45) is 0. The van der Waals surface area contributed by atoms with Crippen LogP contribution in [0.5, 0.6) is 0 Å². The van der Waals surface area contributed by atoms with E-state index in [4.69, 9.17) is 5.73 Å². The molecule has 0 aromatic heterocycles. The van der Waals surface area contributed by atoms with Gasteiger partial charge in [0, 0.05) is 16.3 Å². The summed E-state index contributed by atoms with van der Waals surface area (Å²) in [6.45, 7) is 4.85. The number of aryl methyl sites for hydroxylation is 2. The second kappa shape index (κ2) is 5.39. The van der Waals surface area contributed by atoms with Crippen molar-refractivity contribution in [2.75, 3.05) is 0 Å². The number of hydrogen-bond acceptors (Lipinski definition) is 2. The predicted molar refractivity (Wildman–Crippen MR) is 74.4 cm³/mol. The third-order valence-electron chi connectivity index (χ3n) is 2.72. The Morgan fingerprint density at radius 1 is 1.06 bits per heavy atom. The van der Waals surface area contributed by atoms with Gasteiger partial charge in [0.15, 0.2) is 0 Å². The maximum Gasteiger partial charge on any atom is 0.0196 e. The number of benzene rings is 2. The Morgan fingerprint density at radius 2 is 1.82 bits per heavy atom. The van der Waals surface area contributed by atoms with Gasteiger partial charge in [0.2, 0.25) is 0 Å². The third-order valence-corrected chi connectivity index (χ3v) is 4.00. The lowest BCUT2D eigenvalue weighted by atomic mass is 10.1. The Bertz CT molecular complexity index is 520. The van der Waals surface area contributed by atoms with Crippen molar-refractivity contribution >= 4 is 11.8 Å². The van der Waals surface area contributed by atoms with E-state index in [1.54, 1.807) is 11.8 Å². The first kappa shape index (κ1) is 12.2. The van der Waals surface area contributed by atoms with Crippen LogP contribution in [0.15, 0.2) is 52.3 Å². The smallest absolute Gasteiger partial charge is 0.0196 e. The molecular formula is C15H17NS. The maximum absolute atomic E-state index is 5.79. The SMILES string of the molecule is Cc1cccc(Sc2c(C)cccc2CN)c1. The largest absolute Gasteiger partial charge is 0.326 e. The summed E-state index contributed by atoms with van der Waals surface area (Å²) in [5.41, 5.74) is 9.59. The minimum absolute atomic E-state index is 0.593. The number of rotatable bonds is 3. The first-order valence-corrected chi connectivity index (χ1v) is 6.55. The van der Waals surface area contributed by atoms with Crippen molar-refractivity contribution in [1.82, 2.24) is 0 Å². The first-order chi connectivity index (χ1) is 8.20. The molecule has 88 valence electrons. The van der Waals surface area contributed by atoms with Crippen LogP contribution in [-0.4, -0.2) is 0 Å². The second-order valence-electron chi connectivity index (χ2n) is 4.19. The minimum atomic E-state index is 0.593. The molecule has 2 N–H and O–H groups in total. The van der Waals surface area contributed by atoms with E-state index >= 15 is 0 Å². The van der Waals surface area contributed by atoms with Gasteiger partial charge in [-0.3, -0.25) is 0 Å². The van der Waals surface area contributed by atoms with Gasteiger partial charge in [-0.15, -0.1) is 0 Å². The molecule has 2 aromatic rings. The molecule has 0 aliphatic heterocycles. The first-order valence-electron chi connectivity index (χ1n) is 5.74. The summed E-state index contributed by atoms with van der Waals surface area (Å²) >= 11 is 1.80. The van der Waals surface area contributed by atoms with Gasteiger partial charge >= 0.3 is 0 Å². The van der Waals surface area contributed by atoms with Gasteiger partial charge in [-0.05, 0) is 37.1 Å². The zero-order chi connectivity index (χ0) is 12.3. The van der Waals surface area contributed by atoms with Gasteiger partial charge in [-0.2, -0.15) is 0 Å². The van der Waals surface area contributed by atoms with Crippen molar-refractivity contribution in [1.29, 1.82) is 0 Å². The average Bonchev–Trinajstić information content (AvgIpc) is 2.32. The highest BCUT2D eigenvalue weighted by atomic mass is 32.2. The van der Waals surface area contributed by atoms with Gasteiger partial charge in [-0.25, -0.2) is 0 Å². The Balaban J connectivity index is 2.35. The van der Waals surface area contributed by atoms with E-state index in [-0.39, 0.29) is 0 Å². The van der Waals surface area contributed by atoms with Crippen LogP contribution in [0.25, 0.3) is 0 Å². The molecule has 2 rings (SSSR count). The Hall–Kier alpha value is -1.25. The van der Waals surface area contributed by atoms with Gasteiger partial charge in [0.1, 0.15) is 0 Å². The Morgan fingerprint density at radius 3 is 2.53 bits per heavy atom. The molecule has 0 unspecified atom stereocenters. The molecule has 0 saturated heterocycles. The monoisotopic (exact) mass is 243 g/mol. The van der Waals surface area contributed by atoms with Crippen molar-refractivity contribution in [3.8, 4) is 0 Å². The van der Waals surface area contributed by atoms with Crippen LogP contribution in [0, 0.1) is 13.8 Å². The molecule has 1 nitrogen and oxygen atoms in total. The van der Waals surface area contributed by atoms with Crippen LogP contribution in [0.4, 0.5) is 0 Å². The van der Waals surface area contributed by atoms with Crippen LogP contribution >= 0.6 is 11.8 Å². The third kappa shape index (κ3) is 2.90. The molecule has 0 bridgehead atoms. The van der Waals surface area contributed by atoms with Crippen LogP contribution in [0.3, 0.4) is 0 Å². The van der Waals surface area contributed by atoms with Crippen LogP contribution in [0.1, 0.15) is 16.7 Å². The van der Waals surface area contributed by atoms with E-state index in [2.05, 4.69) is 56.3 Å². The molecule has 2 aromatic carbocycles. The summed E-state index contributed by atoms with van der Waals surface area (Å²) in [4.78, 5) is 2.56. The lowest BCUT2D eigenvalue weighted by molar-refractivity contribution is 1.01. The van der Waals surface area contributed by atoms with Crippen molar-refractivity contribution in [2.24, 2.45) is 5.73 Å². The summed E-state index contributed by atoms with van der Waals surface area (Å²) in [5.74, 6) is 0. The highest BCUT2D eigenvalue weighted by Gasteiger charge is 2.06. The quantitative estimate of drug-likeness (QED) is 0.884. The van der Waals surface area contributed by atoms with E-state index in [0.717, 1.165) is 0 Å². The van der Waals surface area contributed by atoms with Crippen LogP contribution in [0.2, 0.25) is 0 Å². The highest BCUT2D eigenvalue weighted by Crippen LogP contribution is 2.33. The molecule has 17 heavy (non-hydrogen) atoms. The van der Waals surface area contributed by atoms with Crippen molar-refractivity contribution in [3.63, 3.8) is 0 Å². The molecular weight excluding hydrogens is 226 g/mol. The summed E-state index contributed by atoms with van der Waals surface area (Å²) < 4.78 is 0. The maximum atomic E-state index is 5.79. The van der Waals surface area contributed by atoms with E-state index in [9.17, 15) is 0 Å². The molecule has 0 fully saturated rings. The summed E-state index contributed by atoms with van der Waals surface area (Å²) in [5, 5.41) is 0. The second-order valence-corrected chi connectivity index (χ2v) is 5.27. The molecule has 0 amide bonds. The molecule has 0 spiro atoms.